The Hall–Kier alpha value is -3.16. The summed E-state index contributed by atoms with van der Waals surface area (Å²) in [6, 6.07) is 16.2. The molecule has 2 aromatic carbocycles. The number of nitrogens with zero attached hydrogens (tertiary/aromatic N) is 2. The van der Waals surface area contributed by atoms with E-state index in [4.69, 9.17) is 16.3 Å². The van der Waals surface area contributed by atoms with E-state index in [0.29, 0.717) is 30.6 Å². The topological polar surface area (TPSA) is 95.2 Å². The Bertz CT molecular complexity index is 1180. The van der Waals surface area contributed by atoms with Gasteiger partial charge in [-0.1, -0.05) is 55.1 Å². The van der Waals surface area contributed by atoms with Crippen LogP contribution in [0.1, 0.15) is 61.3 Å². The average molecular weight is 541 g/mol. The molecule has 1 aliphatic carbocycles. The second kappa shape index (κ2) is 13.1. The van der Waals surface area contributed by atoms with Crippen LogP contribution < -0.4 is 4.74 Å². The lowest BCUT2D eigenvalue weighted by atomic mass is 9.88. The van der Waals surface area contributed by atoms with Crippen LogP contribution in [0.5, 0.6) is 17.5 Å². The van der Waals surface area contributed by atoms with Gasteiger partial charge in [-0.05, 0) is 60.6 Å². The summed E-state index contributed by atoms with van der Waals surface area (Å²) in [5.74, 6) is 0.454. The number of hydrogen-bond donors (Lipinski definition) is 3. The first-order valence-corrected chi connectivity index (χ1v) is 13.7. The van der Waals surface area contributed by atoms with Gasteiger partial charge in [-0.25, -0.2) is 0 Å². The number of halogens is 1. The SMILES string of the molecule is Cc1cc(CN(CC2CCCCC2)C(CC(=O)O)c2ccc(Cl)cc2)ccc1OCCn1c(O)ccc1O. The maximum absolute atomic E-state index is 11.9. The first-order chi connectivity index (χ1) is 18.3. The van der Waals surface area contributed by atoms with Gasteiger partial charge in [-0.3, -0.25) is 14.3 Å². The molecule has 1 aromatic heterocycles. The number of carboxylic acid groups (broad SMARTS) is 1. The molecule has 1 unspecified atom stereocenters. The summed E-state index contributed by atoms with van der Waals surface area (Å²) >= 11 is 6.13. The Kier molecular flexibility index (Phi) is 9.58. The molecule has 4 rings (SSSR count). The summed E-state index contributed by atoms with van der Waals surface area (Å²) in [5, 5.41) is 30.0. The van der Waals surface area contributed by atoms with Crippen LogP contribution >= 0.6 is 11.6 Å². The first-order valence-electron chi connectivity index (χ1n) is 13.3. The molecule has 0 amide bonds. The fourth-order valence-electron chi connectivity index (χ4n) is 5.44. The first kappa shape index (κ1) is 27.9. The minimum absolute atomic E-state index is 0.00664. The fourth-order valence-corrected chi connectivity index (χ4v) is 5.57. The number of benzene rings is 2. The van der Waals surface area contributed by atoms with Crippen molar-refractivity contribution in [3.05, 3.63) is 76.3 Å². The van der Waals surface area contributed by atoms with Gasteiger partial charge >= 0.3 is 5.97 Å². The van der Waals surface area contributed by atoms with Gasteiger partial charge in [0.05, 0.1) is 13.0 Å². The normalized spacial score (nSPS) is 15.0. The molecule has 0 spiro atoms. The van der Waals surface area contributed by atoms with Crippen molar-refractivity contribution in [2.24, 2.45) is 5.92 Å². The molecule has 0 aliphatic heterocycles. The van der Waals surface area contributed by atoms with Gasteiger partial charge in [0.1, 0.15) is 12.4 Å². The summed E-state index contributed by atoms with van der Waals surface area (Å²) in [4.78, 5) is 14.2. The zero-order valence-electron chi connectivity index (χ0n) is 21.9. The van der Waals surface area contributed by atoms with E-state index in [1.54, 1.807) is 0 Å². The molecule has 1 heterocycles. The minimum Gasteiger partial charge on any atom is -0.494 e. The maximum Gasteiger partial charge on any atom is 0.305 e. The number of carboxylic acids is 1. The average Bonchev–Trinajstić information content (AvgIpc) is 3.21. The van der Waals surface area contributed by atoms with Crippen molar-refractivity contribution in [3.63, 3.8) is 0 Å². The lowest BCUT2D eigenvalue weighted by Gasteiger charge is -2.35. The van der Waals surface area contributed by atoms with Crippen molar-refractivity contribution < 1.29 is 24.9 Å². The molecule has 7 nitrogen and oxygen atoms in total. The van der Waals surface area contributed by atoms with Crippen LogP contribution in [0, 0.1) is 12.8 Å². The van der Waals surface area contributed by atoms with Crippen LogP contribution in [-0.4, -0.2) is 43.9 Å². The van der Waals surface area contributed by atoms with Gasteiger partial charge in [-0.2, -0.15) is 0 Å². The van der Waals surface area contributed by atoms with Crippen LogP contribution in [0.3, 0.4) is 0 Å². The quantitative estimate of drug-likeness (QED) is 0.241. The van der Waals surface area contributed by atoms with Crippen molar-refractivity contribution in [1.29, 1.82) is 0 Å². The molecular weight excluding hydrogens is 504 g/mol. The number of rotatable bonds is 12. The Morgan fingerprint density at radius 1 is 1.05 bits per heavy atom. The van der Waals surface area contributed by atoms with Crippen molar-refractivity contribution in [1.82, 2.24) is 9.47 Å². The summed E-state index contributed by atoms with van der Waals surface area (Å²) < 4.78 is 7.32. The Labute approximate surface area is 229 Å². The molecule has 1 saturated carbocycles. The van der Waals surface area contributed by atoms with E-state index in [-0.39, 0.29) is 24.2 Å². The van der Waals surface area contributed by atoms with E-state index in [1.807, 2.05) is 43.3 Å². The van der Waals surface area contributed by atoms with Gasteiger partial charge in [0.15, 0.2) is 11.8 Å². The van der Waals surface area contributed by atoms with E-state index >= 15 is 0 Å². The molecule has 0 radical (unpaired) electrons. The van der Waals surface area contributed by atoms with Crippen molar-refractivity contribution in [2.75, 3.05) is 13.2 Å². The van der Waals surface area contributed by atoms with Gasteiger partial charge in [0.25, 0.3) is 0 Å². The predicted octanol–water partition coefficient (Wildman–Crippen LogP) is 6.54. The minimum atomic E-state index is -0.821. The molecule has 0 bridgehead atoms. The van der Waals surface area contributed by atoms with Crippen LogP contribution in [0.25, 0.3) is 0 Å². The number of aliphatic carboxylic acids is 1. The third-order valence-corrected chi connectivity index (χ3v) is 7.66. The van der Waals surface area contributed by atoms with E-state index in [0.717, 1.165) is 29.0 Å². The van der Waals surface area contributed by atoms with Crippen molar-refractivity contribution >= 4 is 17.6 Å². The van der Waals surface area contributed by atoms with Crippen LogP contribution in [-0.2, 0) is 17.9 Å². The highest BCUT2D eigenvalue weighted by atomic mass is 35.5. The fraction of sp³-hybridized carbons (Fsp3) is 0.433. The van der Waals surface area contributed by atoms with Gasteiger partial charge in [0, 0.05) is 36.3 Å². The van der Waals surface area contributed by atoms with E-state index in [1.165, 1.54) is 48.8 Å². The van der Waals surface area contributed by atoms with Crippen LogP contribution in [0.2, 0.25) is 5.02 Å². The van der Waals surface area contributed by atoms with Gasteiger partial charge in [0.2, 0.25) is 0 Å². The van der Waals surface area contributed by atoms with Crippen LogP contribution in [0.4, 0.5) is 0 Å². The molecule has 204 valence electrons. The highest BCUT2D eigenvalue weighted by molar-refractivity contribution is 6.30. The molecule has 1 aliphatic rings. The lowest BCUT2D eigenvalue weighted by Crippen LogP contribution is -2.35. The number of ether oxygens (including phenoxy) is 1. The monoisotopic (exact) mass is 540 g/mol. The second-order valence-electron chi connectivity index (χ2n) is 10.2. The van der Waals surface area contributed by atoms with Gasteiger partial charge in [-0.15, -0.1) is 0 Å². The zero-order chi connectivity index (χ0) is 27.1. The van der Waals surface area contributed by atoms with Gasteiger partial charge < -0.3 is 20.1 Å². The van der Waals surface area contributed by atoms with Crippen molar-refractivity contribution in [3.8, 4) is 17.5 Å². The molecule has 1 atom stereocenters. The van der Waals surface area contributed by atoms with Crippen molar-refractivity contribution in [2.45, 2.75) is 64.6 Å². The highest BCUT2D eigenvalue weighted by Crippen LogP contribution is 2.33. The van der Waals surface area contributed by atoms with E-state index in [9.17, 15) is 20.1 Å². The largest absolute Gasteiger partial charge is 0.494 e. The second-order valence-corrected chi connectivity index (χ2v) is 10.7. The summed E-state index contributed by atoms with van der Waals surface area (Å²) in [6.07, 6.45) is 6.11. The predicted molar refractivity (Wildman–Crippen MR) is 148 cm³/mol. The number of hydrogen-bond acceptors (Lipinski definition) is 5. The van der Waals surface area contributed by atoms with Crippen LogP contribution in [0.15, 0.2) is 54.6 Å². The lowest BCUT2D eigenvalue weighted by molar-refractivity contribution is -0.138. The summed E-state index contributed by atoms with van der Waals surface area (Å²) in [6.45, 7) is 4.08. The zero-order valence-corrected chi connectivity index (χ0v) is 22.6. The Morgan fingerprint density at radius 3 is 2.37 bits per heavy atom. The molecule has 1 fully saturated rings. The number of aromatic hydroxyl groups is 2. The highest BCUT2D eigenvalue weighted by Gasteiger charge is 2.27. The number of aromatic nitrogens is 1. The molecule has 8 heteroatoms. The summed E-state index contributed by atoms with van der Waals surface area (Å²) in [7, 11) is 0. The molecule has 3 aromatic rings. The number of aryl methyl sites for hydroxylation is 1. The standard InChI is InChI=1S/C30H37ClN2O5/c1-21-17-23(7-12-27(21)38-16-15-33-28(34)13-14-29(33)35)20-32(19-22-5-3-2-4-6-22)26(18-30(36)37)24-8-10-25(31)11-9-24/h7-14,17,22,26,34-35H,2-6,15-16,18-20H2,1H3,(H,36,37). The molecule has 38 heavy (non-hydrogen) atoms. The Balaban J connectivity index is 1.51. The van der Waals surface area contributed by atoms with E-state index < -0.39 is 5.97 Å². The third-order valence-electron chi connectivity index (χ3n) is 7.41. The molecule has 0 saturated heterocycles. The smallest absolute Gasteiger partial charge is 0.305 e. The molecule has 3 N–H and O–H groups in total. The Morgan fingerprint density at radius 2 is 1.74 bits per heavy atom. The van der Waals surface area contributed by atoms with E-state index in [2.05, 4.69) is 11.0 Å². The third kappa shape index (κ3) is 7.45. The molecular formula is C30H37ClN2O5. The summed E-state index contributed by atoms with van der Waals surface area (Å²) in [5.41, 5.74) is 3.03. The number of carbonyl (C=O) groups is 1. The maximum atomic E-state index is 11.9.